The molecule has 1 unspecified atom stereocenters. The van der Waals surface area contributed by atoms with Crippen molar-refractivity contribution in [1.82, 2.24) is 4.90 Å². The minimum absolute atomic E-state index is 0.131. The molecule has 28 heavy (non-hydrogen) atoms. The average Bonchev–Trinajstić information content (AvgIpc) is 3.25. The summed E-state index contributed by atoms with van der Waals surface area (Å²) in [7, 11) is 1.36. The molecule has 1 saturated heterocycles. The third-order valence-electron chi connectivity index (χ3n) is 3.89. The molecule has 1 amide bonds. The van der Waals surface area contributed by atoms with Crippen LogP contribution in [0.4, 0.5) is 4.79 Å². The van der Waals surface area contributed by atoms with Gasteiger partial charge in [-0.05, 0) is 17.5 Å². The Morgan fingerprint density at radius 1 is 1.04 bits per heavy atom. The van der Waals surface area contributed by atoms with Gasteiger partial charge in [0, 0.05) is 0 Å². The van der Waals surface area contributed by atoms with Gasteiger partial charge in [-0.15, -0.1) is 0 Å². The van der Waals surface area contributed by atoms with Gasteiger partial charge in [-0.3, -0.25) is 0 Å². The number of hydrogen-bond donors (Lipinski definition) is 0. The average molecular weight is 385 g/mol. The van der Waals surface area contributed by atoms with Crippen molar-refractivity contribution in [1.29, 1.82) is 0 Å². The van der Waals surface area contributed by atoms with Gasteiger partial charge in [-0.2, -0.15) is 0 Å². The molecule has 5 nitrogen and oxygen atoms in total. The number of methoxy groups -OCH3 is 1. The zero-order valence-corrected chi connectivity index (χ0v) is 17.6. The van der Waals surface area contributed by atoms with E-state index in [0.29, 0.717) is 19.2 Å². The van der Waals surface area contributed by atoms with Crippen molar-refractivity contribution in [3.63, 3.8) is 0 Å². The van der Waals surface area contributed by atoms with E-state index in [1.807, 2.05) is 76.2 Å². The number of rotatable bonds is 4. The van der Waals surface area contributed by atoms with Gasteiger partial charge >= 0.3 is 6.09 Å². The number of nitrogens with zero attached hydrogens (tertiary/aromatic N) is 2. The van der Waals surface area contributed by atoms with Crippen molar-refractivity contribution >= 4 is 12.1 Å². The fourth-order valence-corrected chi connectivity index (χ4v) is 2.67. The molecule has 5 heteroatoms. The van der Waals surface area contributed by atoms with Crippen molar-refractivity contribution in [3.8, 4) is 0 Å². The molecule has 0 bridgehead atoms. The molecule has 2 aromatic rings. The second-order valence-electron chi connectivity index (χ2n) is 5.50. The minimum Gasteiger partial charge on any atom is -0.463 e. The lowest BCUT2D eigenvalue weighted by Gasteiger charge is -2.17. The summed E-state index contributed by atoms with van der Waals surface area (Å²) in [6, 6.07) is 20.4. The third-order valence-corrected chi connectivity index (χ3v) is 3.89. The third kappa shape index (κ3) is 6.72. The molecular formula is C23H32N2O3. The topological polar surface area (TPSA) is 51.1 Å². The lowest BCUT2D eigenvalue weighted by atomic mass is 9.99. The number of amidine groups is 1. The molecule has 0 aromatic heterocycles. The van der Waals surface area contributed by atoms with Crippen molar-refractivity contribution in [2.75, 3.05) is 20.3 Å². The van der Waals surface area contributed by atoms with Crippen molar-refractivity contribution in [3.05, 3.63) is 71.8 Å². The fraction of sp³-hybridized carbons (Fsp3) is 0.391. The van der Waals surface area contributed by atoms with Crippen LogP contribution in [0.2, 0.25) is 0 Å². The van der Waals surface area contributed by atoms with Gasteiger partial charge in [0.25, 0.3) is 6.02 Å². The molecule has 1 aliphatic heterocycles. The molecule has 1 aliphatic rings. The molecule has 1 heterocycles. The molecular weight excluding hydrogens is 352 g/mol. The summed E-state index contributed by atoms with van der Waals surface area (Å²) in [5, 5.41) is 0. The minimum atomic E-state index is -0.447. The van der Waals surface area contributed by atoms with E-state index in [0.717, 1.165) is 12.0 Å². The van der Waals surface area contributed by atoms with Crippen molar-refractivity contribution < 1.29 is 14.3 Å². The van der Waals surface area contributed by atoms with Gasteiger partial charge in [0.05, 0.1) is 19.7 Å². The van der Waals surface area contributed by atoms with E-state index in [9.17, 15) is 4.79 Å². The largest absolute Gasteiger partial charge is 0.463 e. The van der Waals surface area contributed by atoms with Crippen molar-refractivity contribution in [2.45, 2.75) is 40.2 Å². The van der Waals surface area contributed by atoms with Crippen LogP contribution < -0.4 is 0 Å². The highest BCUT2D eigenvalue weighted by atomic mass is 16.6. The number of amides is 1. The van der Waals surface area contributed by atoms with Crippen LogP contribution in [0.15, 0.2) is 65.7 Å². The Kier molecular flexibility index (Phi) is 11.1. The quantitative estimate of drug-likeness (QED) is 0.701. The first kappa shape index (κ1) is 23.2. The van der Waals surface area contributed by atoms with E-state index in [2.05, 4.69) is 12.1 Å². The summed E-state index contributed by atoms with van der Waals surface area (Å²) in [5.41, 5.74) is 2.26. The first-order valence-electron chi connectivity index (χ1n) is 9.93. The summed E-state index contributed by atoms with van der Waals surface area (Å²) < 4.78 is 10.3. The van der Waals surface area contributed by atoms with E-state index in [1.54, 1.807) is 0 Å². The van der Waals surface area contributed by atoms with Gasteiger partial charge in [0.1, 0.15) is 6.61 Å². The van der Waals surface area contributed by atoms with Crippen LogP contribution >= 0.6 is 0 Å². The van der Waals surface area contributed by atoms with Crippen LogP contribution in [0.1, 0.15) is 44.9 Å². The van der Waals surface area contributed by atoms with Crippen LogP contribution in [-0.4, -0.2) is 37.3 Å². The maximum atomic E-state index is 11.8. The molecule has 1 fully saturated rings. The first-order valence-corrected chi connectivity index (χ1v) is 9.93. The lowest BCUT2D eigenvalue weighted by molar-refractivity contribution is 0.148. The Morgan fingerprint density at radius 3 is 2.18 bits per heavy atom. The molecule has 0 radical (unpaired) electrons. The van der Waals surface area contributed by atoms with Crippen LogP contribution in [0.3, 0.4) is 0 Å². The standard InChI is InChI=1S/C19H20N2O3.2C2H6/c1-23-19(22)21-12-13-24-18(21)20-17(16-10-6-3-7-11-16)14-15-8-4-2-5-9-15;2*1-2/h2-11,17H,12-14H2,1H3;2*1-2H3. The Labute approximate surface area is 169 Å². The lowest BCUT2D eigenvalue weighted by Crippen LogP contribution is -2.33. The smallest absolute Gasteiger partial charge is 0.417 e. The van der Waals surface area contributed by atoms with Crippen LogP contribution in [0.25, 0.3) is 0 Å². The Morgan fingerprint density at radius 2 is 1.61 bits per heavy atom. The zero-order valence-electron chi connectivity index (χ0n) is 17.6. The fourth-order valence-electron chi connectivity index (χ4n) is 2.67. The van der Waals surface area contributed by atoms with Gasteiger partial charge in [0.15, 0.2) is 0 Å². The highest BCUT2D eigenvalue weighted by Crippen LogP contribution is 2.24. The highest BCUT2D eigenvalue weighted by molar-refractivity contribution is 5.92. The van der Waals surface area contributed by atoms with Crippen LogP contribution in [0.5, 0.6) is 0 Å². The van der Waals surface area contributed by atoms with Gasteiger partial charge in [-0.1, -0.05) is 88.4 Å². The maximum absolute atomic E-state index is 11.8. The summed E-state index contributed by atoms with van der Waals surface area (Å²) in [6.07, 6.45) is 0.282. The highest BCUT2D eigenvalue weighted by Gasteiger charge is 2.28. The monoisotopic (exact) mass is 384 g/mol. The Balaban J connectivity index is 0.000000921. The van der Waals surface area contributed by atoms with E-state index in [4.69, 9.17) is 14.5 Å². The number of carbonyl (C=O) groups is 1. The predicted octanol–water partition coefficient (Wildman–Crippen LogP) is 5.48. The maximum Gasteiger partial charge on any atom is 0.417 e. The molecule has 0 aliphatic carbocycles. The molecule has 2 aromatic carbocycles. The summed E-state index contributed by atoms with van der Waals surface area (Å²) in [4.78, 5) is 18.0. The molecule has 152 valence electrons. The van der Waals surface area contributed by atoms with Crippen LogP contribution in [-0.2, 0) is 15.9 Å². The molecule has 3 rings (SSSR count). The first-order chi connectivity index (χ1) is 13.8. The van der Waals surface area contributed by atoms with E-state index in [-0.39, 0.29) is 6.04 Å². The Bertz CT molecular complexity index is 702. The molecule has 0 spiro atoms. The second kappa shape index (κ2) is 13.4. The SMILES string of the molecule is CC.CC.COC(=O)N1CCOC1=NC(Cc1ccccc1)c1ccccc1. The predicted molar refractivity (Wildman–Crippen MR) is 115 cm³/mol. The summed E-state index contributed by atoms with van der Waals surface area (Å²) in [6.45, 7) is 8.89. The molecule has 1 atom stereocenters. The summed E-state index contributed by atoms with van der Waals surface area (Å²) in [5.74, 6) is 0. The van der Waals surface area contributed by atoms with Gasteiger partial charge < -0.3 is 9.47 Å². The number of carbonyl (C=O) groups excluding carboxylic acids is 1. The van der Waals surface area contributed by atoms with Crippen LogP contribution in [0, 0.1) is 0 Å². The molecule has 0 saturated carbocycles. The van der Waals surface area contributed by atoms with E-state index in [1.165, 1.54) is 17.6 Å². The number of ether oxygens (including phenoxy) is 2. The summed E-state index contributed by atoms with van der Waals surface area (Å²) >= 11 is 0. The number of benzene rings is 2. The Hall–Kier alpha value is -2.82. The van der Waals surface area contributed by atoms with Crippen molar-refractivity contribution in [2.24, 2.45) is 4.99 Å². The van der Waals surface area contributed by atoms with E-state index >= 15 is 0 Å². The number of hydrogen-bond acceptors (Lipinski definition) is 4. The normalized spacial score (nSPS) is 14.8. The zero-order chi connectivity index (χ0) is 20.8. The van der Waals surface area contributed by atoms with Gasteiger partial charge in [0.2, 0.25) is 0 Å². The van der Waals surface area contributed by atoms with Gasteiger partial charge in [-0.25, -0.2) is 14.7 Å². The number of aliphatic imine (C=N–C) groups is 1. The second-order valence-corrected chi connectivity index (χ2v) is 5.50. The van der Waals surface area contributed by atoms with E-state index < -0.39 is 6.09 Å². The molecule has 0 N–H and O–H groups in total.